The third-order valence-corrected chi connectivity index (χ3v) is 3.10. The second-order valence-corrected chi connectivity index (χ2v) is 4.21. The minimum atomic E-state index is -0.542. The molecule has 0 aliphatic carbocycles. The largest absolute Gasteiger partial charge is 0.455 e. The molecule has 0 saturated carbocycles. The van der Waals surface area contributed by atoms with E-state index in [1.807, 2.05) is 6.07 Å². The average Bonchev–Trinajstić information content (AvgIpc) is 3.05. The van der Waals surface area contributed by atoms with Crippen LogP contribution in [-0.2, 0) is 9.47 Å². The first kappa shape index (κ1) is 11.8. The van der Waals surface area contributed by atoms with E-state index < -0.39 is 24.5 Å². The Labute approximate surface area is 108 Å². The quantitative estimate of drug-likeness (QED) is 0.520. The lowest BCUT2D eigenvalue weighted by atomic mass is 10.1. The molecule has 5 N–H and O–H groups in total. The zero-order chi connectivity index (χ0) is 13.4. The molecule has 19 heavy (non-hydrogen) atoms. The average molecular weight is 264 g/mol. The van der Waals surface area contributed by atoms with Crippen molar-refractivity contribution in [1.29, 1.82) is 5.26 Å². The lowest BCUT2D eigenvalue weighted by Gasteiger charge is -2.21. The van der Waals surface area contributed by atoms with E-state index >= 15 is 0 Å². The van der Waals surface area contributed by atoms with Crippen molar-refractivity contribution in [3.8, 4) is 6.07 Å². The van der Waals surface area contributed by atoms with Gasteiger partial charge in [-0.2, -0.15) is 10.3 Å². The number of aliphatic hydroxyl groups is 1. The van der Waals surface area contributed by atoms with Crippen LogP contribution in [-0.4, -0.2) is 52.2 Å². The molecule has 3 rings (SSSR count). The fraction of sp³-hybridized carbons (Fsp3) is 0.500. The molecule has 2 aliphatic rings. The number of nitrogens with zero attached hydrogens (tertiary/aromatic N) is 3. The molecule has 2 aliphatic heterocycles. The molecule has 4 atom stereocenters. The van der Waals surface area contributed by atoms with Crippen molar-refractivity contribution >= 4 is 11.8 Å². The molecular weight excluding hydrogens is 252 g/mol. The third kappa shape index (κ3) is 1.87. The third-order valence-electron chi connectivity index (χ3n) is 3.10. The molecule has 1 fully saturated rings. The number of nitrogens with two attached hydrogens (primary N) is 1. The Morgan fingerprint density at radius 1 is 1.63 bits per heavy atom. The normalized spacial score (nSPS) is 32.3. The molecule has 9 nitrogen and oxygen atoms in total. The Morgan fingerprint density at radius 2 is 2.47 bits per heavy atom. The van der Waals surface area contributed by atoms with Crippen LogP contribution in [0.5, 0.6) is 0 Å². The zero-order valence-electron chi connectivity index (χ0n) is 9.78. The van der Waals surface area contributed by atoms with Crippen molar-refractivity contribution in [3.63, 3.8) is 0 Å². The number of aromatic nitrogens is 2. The first-order chi connectivity index (χ1) is 9.22. The van der Waals surface area contributed by atoms with E-state index in [1.165, 1.54) is 6.33 Å². The number of H-pyrrole nitrogens is 1. The maximum Gasteiger partial charge on any atom is 0.285 e. The summed E-state index contributed by atoms with van der Waals surface area (Å²) in [6, 6.07) is 1.64. The summed E-state index contributed by atoms with van der Waals surface area (Å²) in [5.74, 6) is 0.379. The molecular formula is C10H12N6O3. The SMILES string of the molecule is N#Cc1[nH]cnc1N[C@H]1[C@H]2OC(N)=N[C@H]2O[C@H]1CO. The number of nitriles is 1. The monoisotopic (exact) mass is 264 g/mol. The predicted molar refractivity (Wildman–Crippen MR) is 63.0 cm³/mol. The topological polar surface area (TPSA) is 142 Å². The Balaban J connectivity index is 1.81. The van der Waals surface area contributed by atoms with Crippen LogP contribution in [0, 0.1) is 11.3 Å². The van der Waals surface area contributed by atoms with Gasteiger partial charge in [0.05, 0.1) is 19.0 Å². The highest BCUT2D eigenvalue weighted by Gasteiger charge is 2.49. The maximum atomic E-state index is 9.32. The Hall–Kier alpha value is -2.31. The standard InChI is InChI=1S/C10H12N6O3/c11-1-4-8(14-3-13-4)15-6-5(2-17)18-9-7(6)19-10(12)16-9/h3,5-7,9,15,17H,2H2,(H2,12,16)(H,13,14)/t5-,6+,7+,9-/m0/s1. The van der Waals surface area contributed by atoms with Gasteiger partial charge in [0.1, 0.15) is 12.2 Å². The van der Waals surface area contributed by atoms with Crippen molar-refractivity contribution in [3.05, 3.63) is 12.0 Å². The number of fused-ring (bicyclic) bond motifs is 1. The van der Waals surface area contributed by atoms with E-state index in [-0.39, 0.29) is 12.6 Å². The van der Waals surface area contributed by atoms with Gasteiger partial charge in [-0.3, -0.25) is 0 Å². The van der Waals surface area contributed by atoms with Gasteiger partial charge in [0.2, 0.25) is 0 Å². The highest BCUT2D eigenvalue weighted by molar-refractivity contribution is 5.73. The Bertz CT molecular complexity index is 550. The maximum absolute atomic E-state index is 9.32. The number of aliphatic hydroxyl groups excluding tert-OH is 1. The van der Waals surface area contributed by atoms with Crippen LogP contribution in [0.15, 0.2) is 11.3 Å². The summed E-state index contributed by atoms with van der Waals surface area (Å²) in [5, 5.41) is 21.3. The highest BCUT2D eigenvalue weighted by Crippen LogP contribution is 2.30. The zero-order valence-corrected chi connectivity index (χ0v) is 9.78. The second-order valence-electron chi connectivity index (χ2n) is 4.21. The van der Waals surface area contributed by atoms with E-state index in [0.717, 1.165) is 0 Å². The second kappa shape index (κ2) is 4.42. The molecule has 0 radical (unpaired) electrons. The number of amidine groups is 1. The van der Waals surface area contributed by atoms with Crippen LogP contribution in [0.25, 0.3) is 0 Å². The van der Waals surface area contributed by atoms with E-state index in [0.29, 0.717) is 11.5 Å². The summed E-state index contributed by atoms with van der Waals surface area (Å²) in [6.07, 6.45) is -0.0858. The first-order valence-corrected chi connectivity index (χ1v) is 5.69. The van der Waals surface area contributed by atoms with Gasteiger partial charge < -0.3 is 30.6 Å². The predicted octanol–water partition coefficient (Wildman–Crippen LogP) is -1.51. The van der Waals surface area contributed by atoms with Gasteiger partial charge in [0.15, 0.2) is 23.8 Å². The highest BCUT2D eigenvalue weighted by atomic mass is 16.6. The minimum Gasteiger partial charge on any atom is -0.455 e. The summed E-state index contributed by atoms with van der Waals surface area (Å²) in [7, 11) is 0. The number of ether oxygens (including phenoxy) is 2. The van der Waals surface area contributed by atoms with Crippen LogP contribution in [0.1, 0.15) is 5.69 Å². The van der Waals surface area contributed by atoms with E-state index in [4.69, 9.17) is 20.5 Å². The first-order valence-electron chi connectivity index (χ1n) is 5.69. The molecule has 0 unspecified atom stereocenters. The van der Waals surface area contributed by atoms with Crippen molar-refractivity contribution < 1.29 is 14.6 Å². The molecule has 0 aromatic carbocycles. The molecule has 100 valence electrons. The summed E-state index contributed by atoms with van der Waals surface area (Å²) in [5.41, 5.74) is 5.79. The van der Waals surface area contributed by atoms with Crippen LogP contribution >= 0.6 is 0 Å². The lowest BCUT2D eigenvalue weighted by Crippen LogP contribution is -2.42. The van der Waals surface area contributed by atoms with Crippen LogP contribution < -0.4 is 11.1 Å². The molecule has 0 spiro atoms. The summed E-state index contributed by atoms with van der Waals surface area (Å²) >= 11 is 0. The van der Waals surface area contributed by atoms with E-state index in [2.05, 4.69) is 20.3 Å². The number of hydrogen-bond donors (Lipinski definition) is 4. The van der Waals surface area contributed by atoms with Gasteiger partial charge in [-0.1, -0.05) is 0 Å². The summed E-state index contributed by atoms with van der Waals surface area (Å²) in [6.45, 7) is -0.199. The molecule has 1 aromatic rings. The summed E-state index contributed by atoms with van der Waals surface area (Å²) < 4.78 is 10.9. The van der Waals surface area contributed by atoms with Crippen molar-refractivity contribution in [1.82, 2.24) is 9.97 Å². The van der Waals surface area contributed by atoms with Crippen LogP contribution in [0.3, 0.4) is 0 Å². The van der Waals surface area contributed by atoms with Gasteiger partial charge in [0.25, 0.3) is 6.02 Å². The van der Waals surface area contributed by atoms with E-state index in [9.17, 15) is 5.11 Å². The van der Waals surface area contributed by atoms with Gasteiger partial charge in [-0.25, -0.2) is 4.98 Å². The number of imidazole rings is 1. The molecule has 9 heteroatoms. The lowest BCUT2D eigenvalue weighted by molar-refractivity contribution is 0.00728. The fourth-order valence-electron chi connectivity index (χ4n) is 2.24. The Kier molecular flexibility index (Phi) is 2.73. The van der Waals surface area contributed by atoms with Crippen molar-refractivity contribution in [2.45, 2.75) is 24.5 Å². The van der Waals surface area contributed by atoms with Crippen molar-refractivity contribution in [2.24, 2.45) is 10.7 Å². The minimum absolute atomic E-state index is 0.0562. The fourth-order valence-corrected chi connectivity index (χ4v) is 2.24. The number of anilines is 1. The number of aromatic amines is 1. The van der Waals surface area contributed by atoms with Gasteiger partial charge in [0, 0.05) is 0 Å². The van der Waals surface area contributed by atoms with Crippen LogP contribution in [0.2, 0.25) is 0 Å². The molecule has 3 heterocycles. The molecule has 0 bridgehead atoms. The van der Waals surface area contributed by atoms with Crippen molar-refractivity contribution in [2.75, 3.05) is 11.9 Å². The van der Waals surface area contributed by atoms with Gasteiger partial charge in [-0.15, -0.1) is 0 Å². The van der Waals surface area contributed by atoms with Crippen LogP contribution in [0.4, 0.5) is 5.82 Å². The Morgan fingerprint density at radius 3 is 3.21 bits per heavy atom. The van der Waals surface area contributed by atoms with Gasteiger partial charge in [-0.05, 0) is 0 Å². The molecule has 1 saturated heterocycles. The number of nitrogens with one attached hydrogen (secondary N) is 2. The van der Waals surface area contributed by atoms with E-state index in [1.54, 1.807) is 0 Å². The summed E-state index contributed by atoms with van der Waals surface area (Å²) in [4.78, 5) is 10.7. The van der Waals surface area contributed by atoms with Gasteiger partial charge >= 0.3 is 0 Å². The number of rotatable bonds is 3. The molecule has 1 aromatic heterocycles. The number of aliphatic imine (C=N–C) groups is 1. The smallest absolute Gasteiger partial charge is 0.285 e. The number of hydrogen-bond acceptors (Lipinski definition) is 8. The molecule has 0 amide bonds.